The molecule has 0 bridgehead atoms. The van der Waals surface area contributed by atoms with Crippen LogP contribution in [-0.2, 0) is 9.53 Å². The Hall–Kier alpha value is -2.44. The summed E-state index contributed by atoms with van der Waals surface area (Å²) < 4.78 is 23.7. The molecule has 0 radical (unpaired) electrons. The molecule has 1 aliphatic rings. The summed E-state index contributed by atoms with van der Waals surface area (Å²) in [6, 6.07) is 15.4. The van der Waals surface area contributed by atoms with Crippen LogP contribution in [0.3, 0.4) is 0 Å². The maximum absolute atomic E-state index is 12.9. The summed E-state index contributed by atoms with van der Waals surface area (Å²) in [4.78, 5) is 14.6. The van der Waals surface area contributed by atoms with Gasteiger partial charge in [-0.1, -0.05) is 30.3 Å². The van der Waals surface area contributed by atoms with E-state index >= 15 is 0 Å². The lowest BCUT2D eigenvalue weighted by molar-refractivity contribution is -0.124. The number of halogens is 1. The second-order valence-corrected chi connectivity index (χ2v) is 6.19. The molecule has 1 fully saturated rings. The Labute approximate surface area is 152 Å². The Morgan fingerprint density at radius 2 is 1.81 bits per heavy atom. The molecular formula is C20H23FN2O3. The largest absolute Gasteiger partial charge is 0.484 e. The van der Waals surface area contributed by atoms with Crippen molar-refractivity contribution in [3.8, 4) is 5.75 Å². The van der Waals surface area contributed by atoms with Gasteiger partial charge in [-0.05, 0) is 29.8 Å². The van der Waals surface area contributed by atoms with Gasteiger partial charge in [-0.3, -0.25) is 9.69 Å². The van der Waals surface area contributed by atoms with Crippen molar-refractivity contribution < 1.29 is 18.7 Å². The summed E-state index contributed by atoms with van der Waals surface area (Å²) in [6.07, 6.45) is 0. The summed E-state index contributed by atoms with van der Waals surface area (Å²) >= 11 is 0. The van der Waals surface area contributed by atoms with Crippen molar-refractivity contribution in [1.29, 1.82) is 0 Å². The highest BCUT2D eigenvalue weighted by atomic mass is 19.1. The molecule has 3 rings (SSSR count). The van der Waals surface area contributed by atoms with E-state index in [1.165, 1.54) is 24.3 Å². The molecule has 2 aromatic rings. The first kappa shape index (κ1) is 18.4. The van der Waals surface area contributed by atoms with Crippen molar-refractivity contribution in [2.75, 3.05) is 39.5 Å². The van der Waals surface area contributed by atoms with E-state index in [1.54, 1.807) is 0 Å². The molecule has 1 N–H and O–H groups in total. The number of ether oxygens (including phenoxy) is 2. The first-order valence-electron chi connectivity index (χ1n) is 8.73. The van der Waals surface area contributed by atoms with Gasteiger partial charge >= 0.3 is 0 Å². The Bertz CT molecular complexity index is 688. The quantitative estimate of drug-likeness (QED) is 0.826. The molecule has 26 heavy (non-hydrogen) atoms. The third kappa shape index (κ3) is 5.54. The fraction of sp³-hybridized carbons (Fsp3) is 0.350. The van der Waals surface area contributed by atoms with Gasteiger partial charge in [0.1, 0.15) is 11.6 Å². The van der Waals surface area contributed by atoms with Crippen LogP contribution >= 0.6 is 0 Å². The van der Waals surface area contributed by atoms with Crippen LogP contribution in [-0.4, -0.2) is 50.3 Å². The van der Waals surface area contributed by atoms with Crippen LogP contribution in [0.15, 0.2) is 54.6 Å². The van der Waals surface area contributed by atoms with Crippen LogP contribution < -0.4 is 10.1 Å². The minimum atomic E-state index is -0.337. The van der Waals surface area contributed by atoms with E-state index in [0.717, 1.165) is 25.2 Å². The van der Waals surface area contributed by atoms with Gasteiger partial charge in [0, 0.05) is 19.6 Å². The van der Waals surface area contributed by atoms with Gasteiger partial charge < -0.3 is 14.8 Å². The molecule has 0 aromatic heterocycles. The average Bonchev–Trinajstić information content (AvgIpc) is 2.68. The summed E-state index contributed by atoms with van der Waals surface area (Å²) in [5, 5.41) is 3.04. The van der Waals surface area contributed by atoms with Crippen LogP contribution in [0.25, 0.3) is 0 Å². The summed E-state index contributed by atoms with van der Waals surface area (Å²) in [6.45, 7) is 3.73. The van der Waals surface area contributed by atoms with Gasteiger partial charge in [-0.25, -0.2) is 4.39 Å². The molecule has 1 atom stereocenters. The van der Waals surface area contributed by atoms with Gasteiger partial charge in [-0.2, -0.15) is 0 Å². The lowest BCUT2D eigenvalue weighted by Gasteiger charge is -2.31. The average molecular weight is 358 g/mol. The maximum atomic E-state index is 12.9. The zero-order valence-corrected chi connectivity index (χ0v) is 14.6. The molecule has 1 aliphatic heterocycles. The number of morpholine rings is 1. The number of carbonyl (C=O) groups is 1. The molecule has 0 saturated carbocycles. The normalized spacial score (nSPS) is 16.0. The molecule has 0 spiro atoms. The van der Waals surface area contributed by atoms with E-state index in [0.29, 0.717) is 19.0 Å². The summed E-state index contributed by atoms with van der Waals surface area (Å²) in [7, 11) is 0. The number of hydrogen-bond donors (Lipinski definition) is 1. The van der Waals surface area contributed by atoms with Gasteiger partial charge in [0.05, 0.1) is 19.3 Å². The number of rotatable bonds is 7. The Morgan fingerprint density at radius 1 is 1.12 bits per heavy atom. The maximum Gasteiger partial charge on any atom is 0.258 e. The summed E-state index contributed by atoms with van der Waals surface area (Å²) in [5.41, 5.74) is 1.05. The van der Waals surface area contributed by atoms with Crippen molar-refractivity contribution >= 4 is 5.91 Å². The van der Waals surface area contributed by atoms with Crippen molar-refractivity contribution in [3.05, 3.63) is 66.0 Å². The third-order valence-electron chi connectivity index (χ3n) is 4.27. The van der Waals surface area contributed by atoms with Crippen LogP contribution in [0.2, 0.25) is 0 Å². The highest BCUT2D eigenvalue weighted by molar-refractivity contribution is 5.78. The van der Waals surface area contributed by atoms with Crippen LogP contribution in [0.1, 0.15) is 11.6 Å². The SMILES string of the molecule is O=C(COc1ccc(F)cc1)NC(CN1CCOCC1)c1ccccc1. The highest BCUT2D eigenvalue weighted by Crippen LogP contribution is 2.16. The Kier molecular flexibility index (Phi) is 6.57. The zero-order valence-electron chi connectivity index (χ0n) is 14.6. The number of carbonyl (C=O) groups excluding carboxylic acids is 1. The first-order valence-corrected chi connectivity index (χ1v) is 8.73. The van der Waals surface area contributed by atoms with Crippen LogP contribution in [0.5, 0.6) is 5.75 Å². The predicted molar refractivity (Wildman–Crippen MR) is 96.5 cm³/mol. The Morgan fingerprint density at radius 3 is 2.50 bits per heavy atom. The van der Waals surface area contributed by atoms with E-state index in [4.69, 9.17) is 9.47 Å². The van der Waals surface area contributed by atoms with Crippen LogP contribution in [0, 0.1) is 5.82 Å². The second-order valence-electron chi connectivity index (χ2n) is 6.19. The van der Waals surface area contributed by atoms with Crippen molar-refractivity contribution in [1.82, 2.24) is 10.2 Å². The minimum absolute atomic E-state index is 0.113. The van der Waals surface area contributed by atoms with E-state index in [1.807, 2.05) is 30.3 Å². The van der Waals surface area contributed by atoms with Crippen molar-refractivity contribution in [2.45, 2.75) is 6.04 Å². The van der Waals surface area contributed by atoms with Gasteiger partial charge in [0.15, 0.2) is 6.61 Å². The van der Waals surface area contributed by atoms with Gasteiger partial charge in [-0.15, -0.1) is 0 Å². The van der Waals surface area contributed by atoms with E-state index in [-0.39, 0.29) is 24.4 Å². The molecule has 1 amide bonds. The first-order chi connectivity index (χ1) is 12.7. The summed E-state index contributed by atoms with van der Waals surface area (Å²) in [5.74, 6) is -0.0844. The fourth-order valence-electron chi connectivity index (χ4n) is 2.88. The van der Waals surface area contributed by atoms with E-state index < -0.39 is 0 Å². The molecule has 138 valence electrons. The molecule has 6 heteroatoms. The molecule has 1 unspecified atom stereocenters. The zero-order chi connectivity index (χ0) is 18.2. The van der Waals surface area contributed by atoms with E-state index in [9.17, 15) is 9.18 Å². The minimum Gasteiger partial charge on any atom is -0.484 e. The van der Waals surface area contributed by atoms with Crippen LogP contribution in [0.4, 0.5) is 4.39 Å². The monoisotopic (exact) mass is 358 g/mol. The molecule has 2 aromatic carbocycles. The second kappa shape index (κ2) is 9.31. The molecule has 1 saturated heterocycles. The van der Waals surface area contributed by atoms with Crippen molar-refractivity contribution in [2.24, 2.45) is 0 Å². The molecular weight excluding hydrogens is 335 g/mol. The fourth-order valence-corrected chi connectivity index (χ4v) is 2.88. The number of nitrogens with one attached hydrogen (secondary N) is 1. The lowest BCUT2D eigenvalue weighted by Crippen LogP contribution is -2.44. The van der Waals surface area contributed by atoms with Gasteiger partial charge in [0.2, 0.25) is 0 Å². The third-order valence-corrected chi connectivity index (χ3v) is 4.27. The standard InChI is InChI=1S/C20H23FN2O3/c21-17-6-8-18(9-7-17)26-15-20(24)22-19(16-4-2-1-3-5-16)14-23-10-12-25-13-11-23/h1-9,19H,10-15H2,(H,22,24). The van der Waals surface area contributed by atoms with Gasteiger partial charge in [0.25, 0.3) is 5.91 Å². The molecule has 1 heterocycles. The highest BCUT2D eigenvalue weighted by Gasteiger charge is 2.20. The smallest absolute Gasteiger partial charge is 0.258 e. The predicted octanol–water partition coefficient (Wildman–Crippen LogP) is 2.39. The number of amides is 1. The Balaban J connectivity index is 1.58. The number of nitrogens with zero attached hydrogens (tertiary/aromatic N) is 1. The lowest BCUT2D eigenvalue weighted by atomic mass is 10.1. The molecule has 0 aliphatic carbocycles. The topological polar surface area (TPSA) is 50.8 Å². The number of hydrogen-bond acceptors (Lipinski definition) is 4. The van der Waals surface area contributed by atoms with Crippen molar-refractivity contribution in [3.63, 3.8) is 0 Å². The van der Waals surface area contributed by atoms with E-state index in [2.05, 4.69) is 10.2 Å². The molecule has 5 nitrogen and oxygen atoms in total. The number of benzene rings is 2.